The monoisotopic (exact) mass is 329 g/mol. The lowest BCUT2D eigenvalue weighted by atomic mass is 10.1. The lowest BCUT2D eigenvalue weighted by Crippen LogP contribution is -2.46. The number of hydrogen-bond donors (Lipinski definition) is 3. The molecule has 1 rings (SSSR count). The number of rotatable bonds is 8. The maximum atomic E-state index is 12.2. The lowest BCUT2D eigenvalue weighted by Gasteiger charge is -2.16. The predicted octanol–water partition coefficient (Wildman–Crippen LogP) is 1.37. The molecule has 0 radical (unpaired) electrons. The first-order valence-electron chi connectivity index (χ1n) is 7.14. The predicted molar refractivity (Wildman–Crippen MR) is 82.4 cm³/mol. The standard InChI is InChI=1S/C15H21F2N3O3/c1-9(2)14(18)15(22)19-7-13(21)20-10-5-3-4-6-11(10)23-8-12(16)17/h3-6,9,12,14H,7-8,18H2,1-2H3,(H,19,22)(H,20,21)/t14-/m0/s1. The fourth-order valence-corrected chi connectivity index (χ4v) is 1.63. The van der Waals surface area contributed by atoms with Gasteiger partial charge < -0.3 is 21.1 Å². The van der Waals surface area contributed by atoms with E-state index >= 15 is 0 Å². The highest BCUT2D eigenvalue weighted by Gasteiger charge is 2.18. The molecule has 1 atom stereocenters. The van der Waals surface area contributed by atoms with Crippen LogP contribution in [0.5, 0.6) is 5.75 Å². The van der Waals surface area contributed by atoms with Crippen LogP contribution < -0.4 is 21.1 Å². The average molecular weight is 329 g/mol. The Bertz CT molecular complexity index is 538. The Balaban J connectivity index is 2.56. The fraction of sp³-hybridized carbons (Fsp3) is 0.467. The maximum Gasteiger partial charge on any atom is 0.272 e. The molecule has 0 aromatic heterocycles. The summed E-state index contributed by atoms with van der Waals surface area (Å²) in [6.07, 6.45) is -2.62. The molecule has 0 fully saturated rings. The molecule has 2 amide bonds. The SMILES string of the molecule is CC(C)[C@H](N)C(=O)NCC(=O)Nc1ccccc1OCC(F)F. The number of carbonyl (C=O) groups is 2. The molecule has 6 nitrogen and oxygen atoms in total. The van der Waals surface area contributed by atoms with Crippen LogP contribution in [0.15, 0.2) is 24.3 Å². The fourth-order valence-electron chi connectivity index (χ4n) is 1.63. The Morgan fingerprint density at radius 2 is 1.91 bits per heavy atom. The Labute approximate surface area is 133 Å². The molecule has 0 bridgehead atoms. The molecule has 0 heterocycles. The van der Waals surface area contributed by atoms with Crippen molar-refractivity contribution in [2.45, 2.75) is 26.3 Å². The van der Waals surface area contributed by atoms with Crippen LogP contribution in [-0.2, 0) is 9.59 Å². The second-order valence-corrected chi connectivity index (χ2v) is 5.23. The summed E-state index contributed by atoms with van der Waals surface area (Å²) >= 11 is 0. The molecule has 0 aliphatic rings. The summed E-state index contributed by atoms with van der Waals surface area (Å²) in [4.78, 5) is 23.5. The normalized spacial score (nSPS) is 12.1. The van der Waals surface area contributed by atoms with Gasteiger partial charge in [0.25, 0.3) is 6.43 Å². The summed E-state index contributed by atoms with van der Waals surface area (Å²) in [6, 6.07) is 5.49. The van der Waals surface area contributed by atoms with E-state index in [9.17, 15) is 18.4 Å². The molecule has 0 aliphatic carbocycles. The molecular formula is C15H21F2N3O3. The van der Waals surface area contributed by atoms with Gasteiger partial charge in [-0.2, -0.15) is 0 Å². The summed E-state index contributed by atoms with van der Waals surface area (Å²) in [7, 11) is 0. The van der Waals surface area contributed by atoms with Crippen molar-refractivity contribution in [1.29, 1.82) is 0 Å². The van der Waals surface area contributed by atoms with Gasteiger partial charge in [-0.15, -0.1) is 0 Å². The second kappa shape index (κ2) is 9.04. The summed E-state index contributed by atoms with van der Waals surface area (Å²) < 4.78 is 29.3. The molecule has 0 saturated carbocycles. The van der Waals surface area contributed by atoms with E-state index in [1.807, 2.05) is 0 Å². The van der Waals surface area contributed by atoms with Crippen molar-refractivity contribution in [3.05, 3.63) is 24.3 Å². The van der Waals surface area contributed by atoms with Gasteiger partial charge in [0.2, 0.25) is 11.8 Å². The molecule has 128 valence electrons. The zero-order valence-electron chi connectivity index (χ0n) is 13.0. The van der Waals surface area contributed by atoms with Crippen molar-refractivity contribution in [2.24, 2.45) is 11.7 Å². The third-order valence-electron chi connectivity index (χ3n) is 2.97. The number of amides is 2. The van der Waals surface area contributed by atoms with E-state index in [0.29, 0.717) is 0 Å². The van der Waals surface area contributed by atoms with Gasteiger partial charge in [-0.3, -0.25) is 9.59 Å². The number of alkyl halides is 2. The number of halogens is 2. The van der Waals surface area contributed by atoms with E-state index < -0.39 is 30.9 Å². The quantitative estimate of drug-likeness (QED) is 0.671. The van der Waals surface area contributed by atoms with Crippen LogP contribution in [0.2, 0.25) is 0 Å². The van der Waals surface area contributed by atoms with Crippen molar-refractivity contribution < 1.29 is 23.1 Å². The topological polar surface area (TPSA) is 93.5 Å². The van der Waals surface area contributed by atoms with Crippen LogP contribution >= 0.6 is 0 Å². The van der Waals surface area contributed by atoms with E-state index in [4.69, 9.17) is 10.5 Å². The first-order chi connectivity index (χ1) is 10.8. The Morgan fingerprint density at radius 3 is 2.52 bits per heavy atom. The first kappa shape index (κ1) is 18.8. The maximum absolute atomic E-state index is 12.2. The van der Waals surface area contributed by atoms with Gasteiger partial charge in [0.05, 0.1) is 18.3 Å². The summed E-state index contributed by atoms with van der Waals surface area (Å²) in [6.45, 7) is 2.54. The van der Waals surface area contributed by atoms with Gasteiger partial charge in [-0.05, 0) is 18.1 Å². The molecule has 4 N–H and O–H groups in total. The lowest BCUT2D eigenvalue weighted by molar-refractivity contribution is -0.125. The number of hydrogen-bond acceptors (Lipinski definition) is 4. The Kier molecular flexibility index (Phi) is 7.40. The zero-order valence-corrected chi connectivity index (χ0v) is 13.0. The van der Waals surface area contributed by atoms with Gasteiger partial charge >= 0.3 is 0 Å². The molecule has 0 aliphatic heterocycles. The summed E-state index contributed by atoms with van der Waals surface area (Å²) in [5, 5.41) is 4.91. The van der Waals surface area contributed by atoms with Crippen LogP contribution in [0.3, 0.4) is 0 Å². The van der Waals surface area contributed by atoms with E-state index in [0.717, 1.165) is 0 Å². The van der Waals surface area contributed by atoms with E-state index in [2.05, 4.69) is 10.6 Å². The highest BCUT2D eigenvalue weighted by molar-refractivity contribution is 5.96. The zero-order chi connectivity index (χ0) is 17.4. The van der Waals surface area contributed by atoms with Crippen LogP contribution in [0.4, 0.5) is 14.5 Å². The Hall–Kier alpha value is -2.22. The van der Waals surface area contributed by atoms with Crippen LogP contribution in [0, 0.1) is 5.92 Å². The van der Waals surface area contributed by atoms with Crippen molar-refractivity contribution >= 4 is 17.5 Å². The minimum Gasteiger partial charge on any atom is -0.485 e. The summed E-state index contributed by atoms with van der Waals surface area (Å²) in [5.41, 5.74) is 5.91. The van der Waals surface area contributed by atoms with Crippen molar-refractivity contribution in [3.63, 3.8) is 0 Å². The number of nitrogens with one attached hydrogen (secondary N) is 2. The van der Waals surface area contributed by atoms with Crippen molar-refractivity contribution in [1.82, 2.24) is 5.32 Å². The highest BCUT2D eigenvalue weighted by atomic mass is 19.3. The molecule has 8 heteroatoms. The number of nitrogens with two attached hydrogens (primary N) is 1. The van der Waals surface area contributed by atoms with Gasteiger partial charge in [-0.25, -0.2) is 8.78 Å². The largest absolute Gasteiger partial charge is 0.485 e. The van der Waals surface area contributed by atoms with Crippen molar-refractivity contribution in [3.8, 4) is 5.75 Å². The van der Waals surface area contributed by atoms with Crippen LogP contribution in [-0.4, -0.2) is 37.4 Å². The number of para-hydroxylation sites is 2. The molecule has 23 heavy (non-hydrogen) atoms. The number of benzene rings is 1. The van der Waals surface area contributed by atoms with E-state index in [1.165, 1.54) is 12.1 Å². The van der Waals surface area contributed by atoms with E-state index in [-0.39, 0.29) is 23.9 Å². The van der Waals surface area contributed by atoms with Crippen LogP contribution in [0.1, 0.15) is 13.8 Å². The molecular weight excluding hydrogens is 308 g/mol. The Morgan fingerprint density at radius 1 is 1.26 bits per heavy atom. The van der Waals surface area contributed by atoms with Gasteiger partial charge in [0, 0.05) is 0 Å². The molecule has 0 saturated heterocycles. The minimum absolute atomic E-state index is 0.0541. The molecule has 0 spiro atoms. The van der Waals surface area contributed by atoms with Gasteiger partial charge in [0.1, 0.15) is 12.4 Å². The highest BCUT2D eigenvalue weighted by Crippen LogP contribution is 2.23. The van der Waals surface area contributed by atoms with Gasteiger partial charge in [-0.1, -0.05) is 26.0 Å². The average Bonchev–Trinajstić information content (AvgIpc) is 2.50. The smallest absolute Gasteiger partial charge is 0.272 e. The summed E-state index contributed by atoms with van der Waals surface area (Å²) in [5.74, 6) is -0.868. The third kappa shape index (κ3) is 6.60. The second-order valence-electron chi connectivity index (χ2n) is 5.23. The molecule has 1 aromatic carbocycles. The van der Waals surface area contributed by atoms with Crippen molar-refractivity contribution in [2.75, 3.05) is 18.5 Å². The van der Waals surface area contributed by atoms with Crippen LogP contribution in [0.25, 0.3) is 0 Å². The number of anilines is 1. The van der Waals surface area contributed by atoms with Gasteiger partial charge in [0.15, 0.2) is 0 Å². The molecule has 0 unspecified atom stereocenters. The number of ether oxygens (including phenoxy) is 1. The number of carbonyl (C=O) groups excluding carboxylic acids is 2. The molecule has 1 aromatic rings. The first-order valence-corrected chi connectivity index (χ1v) is 7.14. The minimum atomic E-state index is -2.62. The third-order valence-corrected chi connectivity index (χ3v) is 2.97. The van der Waals surface area contributed by atoms with E-state index in [1.54, 1.807) is 26.0 Å².